The van der Waals surface area contributed by atoms with Crippen LogP contribution in [-0.2, 0) is 13.0 Å². The molecule has 0 spiro atoms. The zero-order valence-corrected chi connectivity index (χ0v) is 18.5. The van der Waals surface area contributed by atoms with E-state index in [0.717, 1.165) is 27.8 Å². The average molecular weight is 449 g/mol. The summed E-state index contributed by atoms with van der Waals surface area (Å²) in [5, 5.41) is 16.8. The fourth-order valence-corrected chi connectivity index (χ4v) is 4.79. The topological polar surface area (TPSA) is 109 Å². The normalized spacial score (nSPS) is 11.5. The summed E-state index contributed by atoms with van der Waals surface area (Å²) in [4.78, 5) is 22.2. The van der Waals surface area contributed by atoms with Gasteiger partial charge in [-0.15, -0.1) is 16.4 Å². The van der Waals surface area contributed by atoms with Crippen LogP contribution in [0.2, 0.25) is 0 Å². The van der Waals surface area contributed by atoms with Gasteiger partial charge in [0.05, 0.1) is 10.3 Å². The molecule has 0 N–H and O–H groups in total. The maximum Gasteiger partial charge on any atom is 0.311 e. The molecule has 0 aliphatic heterocycles. The molecule has 0 radical (unpaired) electrons. The van der Waals surface area contributed by atoms with Crippen molar-refractivity contribution in [1.29, 1.82) is 0 Å². The number of thiophene rings is 1. The van der Waals surface area contributed by atoms with Gasteiger partial charge in [-0.3, -0.25) is 10.1 Å². The van der Waals surface area contributed by atoms with Crippen LogP contribution in [0, 0.1) is 24.0 Å². The summed E-state index contributed by atoms with van der Waals surface area (Å²) in [6, 6.07) is 8.35. The lowest BCUT2D eigenvalue weighted by Crippen LogP contribution is -1.98. The van der Waals surface area contributed by atoms with Crippen LogP contribution < -0.4 is 4.74 Å². The lowest BCUT2D eigenvalue weighted by molar-refractivity contribution is -0.386. The van der Waals surface area contributed by atoms with Gasteiger partial charge in [0.25, 0.3) is 0 Å². The predicted molar refractivity (Wildman–Crippen MR) is 120 cm³/mol. The summed E-state index contributed by atoms with van der Waals surface area (Å²) in [5.41, 5.74) is 2.69. The van der Waals surface area contributed by atoms with E-state index in [1.54, 1.807) is 53.4 Å². The fraction of sp³-hybridized carbons (Fsp3) is 0.227. The number of hydrogen-bond donors (Lipinski definition) is 0. The third kappa shape index (κ3) is 3.38. The number of fused-ring (bicyclic) bond motifs is 3. The molecule has 1 aromatic carbocycles. The molecule has 0 fully saturated rings. The van der Waals surface area contributed by atoms with Gasteiger partial charge >= 0.3 is 5.69 Å². The standard InChI is InChI=1S/C22H19N5O4S/c1-4-15-13(3)32-22-19(15)21-24-20(25-26(21)11-23-22)18-8-6-14(31-18)10-30-17-7-5-12(2)9-16(17)27(28)29/h5-9,11H,4,10H2,1-3H3. The Hall–Kier alpha value is -3.79. The third-order valence-corrected chi connectivity index (χ3v) is 6.30. The predicted octanol–water partition coefficient (Wildman–Crippen LogP) is 5.27. The molecule has 9 nitrogen and oxygen atoms in total. The number of nitro benzene ring substituents is 1. The van der Waals surface area contributed by atoms with Crippen molar-refractivity contribution in [1.82, 2.24) is 19.6 Å². The van der Waals surface area contributed by atoms with E-state index in [2.05, 4.69) is 23.9 Å². The molecular formula is C22H19N5O4S. The Balaban J connectivity index is 1.44. The first-order valence-corrected chi connectivity index (χ1v) is 10.9. The number of nitrogens with zero attached hydrogens (tertiary/aromatic N) is 5. The fourth-order valence-electron chi connectivity index (χ4n) is 3.71. The van der Waals surface area contributed by atoms with Gasteiger partial charge in [-0.1, -0.05) is 13.0 Å². The first-order chi connectivity index (χ1) is 15.4. The van der Waals surface area contributed by atoms with Crippen LogP contribution in [0.3, 0.4) is 0 Å². The quantitative estimate of drug-likeness (QED) is 0.257. The van der Waals surface area contributed by atoms with E-state index in [1.807, 2.05) is 0 Å². The van der Waals surface area contributed by atoms with Crippen molar-refractivity contribution < 1.29 is 14.1 Å². The molecule has 4 aromatic heterocycles. The highest BCUT2D eigenvalue weighted by Crippen LogP contribution is 2.33. The van der Waals surface area contributed by atoms with E-state index in [-0.39, 0.29) is 18.0 Å². The van der Waals surface area contributed by atoms with E-state index in [1.165, 1.54) is 16.5 Å². The highest BCUT2D eigenvalue weighted by atomic mass is 32.1. The minimum Gasteiger partial charge on any atom is -0.479 e. The molecule has 5 aromatic rings. The van der Waals surface area contributed by atoms with Gasteiger partial charge in [0.2, 0.25) is 5.82 Å². The Morgan fingerprint density at radius 2 is 2.09 bits per heavy atom. The van der Waals surface area contributed by atoms with Crippen molar-refractivity contribution in [2.45, 2.75) is 33.8 Å². The largest absolute Gasteiger partial charge is 0.479 e. The smallest absolute Gasteiger partial charge is 0.311 e. The van der Waals surface area contributed by atoms with E-state index in [4.69, 9.17) is 14.1 Å². The Morgan fingerprint density at radius 3 is 2.88 bits per heavy atom. The van der Waals surface area contributed by atoms with Crippen molar-refractivity contribution >= 4 is 32.9 Å². The molecule has 0 saturated carbocycles. The summed E-state index contributed by atoms with van der Waals surface area (Å²) in [7, 11) is 0. The Bertz CT molecular complexity index is 1480. The van der Waals surface area contributed by atoms with E-state index in [0.29, 0.717) is 17.3 Å². The zero-order valence-electron chi connectivity index (χ0n) is 17.7. The molecule has 0 bridgehead atoms. The molecule has 0 unspecified atom stereocenters. The van der Waals surface area contributed by atoms with Crippen LogP contribution in [0.15, 0.2) is 41.1 Å². The van der Waals surface area contributed by atoms with Crippen molar-refractivity contribution in [2.24, 2.45) is 0 Å². The Labute approximate surface area is 186 Å². The number of rotatable bonds is 6. The molecule has 4 heterocycles. The van der Waals surface area contributed by atoms with Crippen molar-refractivity contribution in [2.75, 3.05) is 0 Å². The summed E-state index contributed by atoms with van der Waals surface area (Å²) < 4.78 is 13.2. The highest BCUT2D eigenvalue weighted by molar-refractivity contribution is 7.18. The first-order valence-electron chi connectivity index (χ1n) is 10.0. The molecule has 162 valence electrons. The summed E-state index contributed by atoms with van der Waals surface area (Å²) in [5.74, 6) is 1.64. The second-order valence-electron chi connectivity index (χ2n) is 7.40. The lowest BCUT2D eigenvalue weighted by Gasteiger charge is -2.05. The van der Waals surface area contributed by atoms with Gasteiger partial charge in [0.1, 0.15) is 23.5 Å². The van der Waals surface area contributed by atoms with Crippen LogP contribution in [-0.4, -0.2) is 24.5 Å². The van der Waals surface area contributed by atoms with Crippen LogP contribution in [0.25, 0.3) is 27.4 Å². The van der Waals surface area contributed by atoms with Gasteiger partial charge in [0, 0.05) is 10.9 Å². The van der Waals surface area contributed by atoms with Crippen LogP contribution in [0.4, 0.5) is 5.69 Å². The number of furan rings is 1. The molecule has 0 saturated heterocycles. The second kappa shape index (κ2) is 7.72. The summed E-state index contributed by atoms with van der Waals surface area (Å²) in [6.45, 7) is 6.05. The maximum atomic E-state index is 11.3. The molecule has 32 heavy (non-hydrogen) atoms. The summed E-state index contributed by atoms with van der Waals surface area (Å²) >= 11 is 1.66. The van der Waals surface area contributed by atoms with Gasteiger partial charge in [-0.05, 0) is 49.6 Å². The SMILES string of the molecule is CCc1c(C)sc2ncn3nc(-c4ccc(COc5ccc(C)cc5[N+](=O)[O-])o4)nc3c12. The monoisotopic (exact) mass is 449 g/mol. The number of hydrogen-bond acceptors (Lipinski definition) is 8. The van der Waals surface area contributed by atoms with Crippen molar-refractivity contribution in [3.8, 4) is 17.3 Å². The van der Waals surface area contributed by atoms with Gasteiger partial charge in [-0.25, -0.2) is 14.5 Å². The minimum absolute atomic E-state index is 0.0484. The highest BCUT2D eigenvalue weighted by Gasteiger charge is 2.19. The molecule has 0 atom stereocenters. The van der Waals surface area contributed by atoms with E-state index >= 15 is 0 Å². The van der Waals surface area contributed by atoms with Crippen LogP contribution in [0.1, 0.15) is 28.7 Å². The second-order valence-corrected chi connectivity index (χ2v) is 8.60. The van der Waals surface area contributed by atoms with E-state index < -0.39 is 4.92 Å². The van der Waals surface area contributed by atoms with Gasteiger partial charge < -0.3 is 9.15 Å². The van der Waals surface area contributed by atoms with Crippen molar-refractivity contribution in [3.63, 3.8) is 0 Å². The van der Waals surface area contributed by atoms with E-state index in [9.17, 15) is 10.1 Å². The average Bonchev–Trinajstić information content (AvgIpc) is 3.48. The number of aromatic nitrogens is 4. The molecule has 0 aliphatic carbocycles. The third-order valence-electron chi connectivity index (χ3n) is 5.25. The Kier molecular flexibility index (Phi) is 4.86. The Morgan fingerprint density at radius 1 is 1.25 bits per heavy atom. The molecular weight excluding hydrogens is 430 g/mol. The minimum atomic E-state index is -0.456. The number of nitro groups is 1. The number of benzene rings is 1. The van der Waals surface area contributed by atoms with Crippen LogP contribution >= 0.6 is 11.3 Å². The molecule has 10 heteroatoms. The molecule has 5 rings (SSSR count). The zero-order chi connectivity index (χ0) is 22.4. The van der Waals surface area contributed by atoms with Crippen LogP contribution in [0.5, 0.6) is 5.75 Å². The first kappa shape index (κ1) is 20.1. The lowest BCUT2D eigenvalue weighted by atomic mass is 10.1. The summed E-state index contributed by atoms with van der Waals surface area (Å²) in [6.07, 6.45) is 2.55. The number of aryl methyl sites for hydroxylation is 3. The molecule has 0 amide bonds. The van der Waals surface area contributed by atoms with Gasteiger partial charge in [-0.2, -0.15) is 0 Å². The maximum absolute atomic E-state index is 11.3. The van der Waals surface area contributed by atoms with Gasteiger partial charge in [0.15, 0.2) is 17.2 Å². The van der Waals surface area contributed by atoms with Crippen molar-refractivity contribution in [3.05, 3.63) is 68.5 Å². The molecule has 0 aliphatic rings. The number of ether oxygens (including phenoxy) is 1.